The van der Waals surface area contributed by atoms with E-state index in [0.717, 1.165) is 11.1 Å². The molecule has 1 fully saturated rings. The summed E-state index contributed by atoms with van der Waals surface area (Å²) in [7, 11) is 0. The van der Waals surface area contributed by atoms with Crippen molar-refractivity contribution >= 4 is 11.7 Å². The molecule has 0 atom stereocenters. The summed E-state index contributed by atoms with van der Waals surface area (Å²) < 4.78 is 0. The maximum atomic E-state index is 12.1. The molecule has 100 valence electrons. The van der Waals surface area contributed by atoms with Crippen molar-refractivity contribution in [3.8, 4) is 0 Å². The molecule has 3 nitrogen and oxygen atoms in total. The van der Waals surface area contributed by atoms with Crippen LogP contribution in [0.4, 0.5) is 0 Å². The molecule has 0 unspecified atom stereocenters. The first kappa shape index (κ1) is 12.6. The first-order chi connectivity index (χ1) is 9.75. The molecule has 3 rings (SSSR count). The van der Waals surface area contributed by atoms with Gasteiger partial charge in [0.25, 0.3) is 0 Å². The zero-order valence-corrected chi connectivity index (χ0v) is 11.0. The lowest BCUT2D eigenvalue weighted by atomic mass is 9.97. The van der Waals surface area contributed by atoms with Crippen LogP contribution in [0.3, 0.4) is 0 Å². The SMILES string of the molecule is O=C1CC(=O)N(C(c2ccccc2)c2ccccc2)C1. The highest BCUT2D eigenvalue weighted by molar-refractivity contribution is 6.05. The largest absolute Gasteiger partial charge is 0.324 e. The summed E-state index contributed by atoms with van der Waals surface area (Å²) in [4.78, 5) is 25.3. The Morgan fingerprint density at radius 2 is 1.30 bits per heavy atom. The van der Waals surface area contributed by atoms with E-state index in [9.17, 15) is 9.59 Å². The van der Waals surface area contributed by atoms with E-state index < -0.39 is 0 Å². The lowest BCUT2D eigenvalue weighted by Gasteiger charge is -2.28. The van der Waals surface area contributed by atoms with Gasteiger partial charge in [0.2, 0.25) is 5.91 Å². The van der Waals surface area contributed by atoms with Gasteiger partial charge >= 0.3 is 0 Å². The molecule has 20 heavy (non-hydrogen) atoms. The standard InChI is InChI=1S/C17H15NO2/c19-15-11-16(20)18(12-15)17(13-7-3-1-4-8-13)14-9-5-2-6-10-14/h1-10,17H,11-12H2. The number of ketones is 1. The predicted octanol–water partition coefficient (Wildman–Crippen LogP) is 2.58. The fraction of sp³-hybridized carbons (Fsp3) is 0.176. The molecule has 0 N–H and O–H groups in total. The molecule has 0 aliphatic carbocycles. The van der Waals surface area contributed by atoms with Gasteiger partial charge in [-0.05, 0) is 11.1 Å². The summed E-state index contributed by atoms with van der Waals surface area (Å²) in [6, 6.07) is 19.5. The fourth-order valence-corrected chi connectivity index (χ4v) is 2.66. The summed E-state index contributed by atoms with van der Waals surface area (Å²) in [6.45, 7) is 0.202. The van der Waals surface area contributed by atoms with Crippen LogP contribution >= 0.6 is 0 Å². The van der Waals surface area contributed by atoms with Crippen LogP contribution in [-0.2, 0) is 9.59 Å². The van der Waals surface area contributed by atoms with Crippen molar-refractivity contribution in [1.82, 2.24) is 4.90 Å². The molecule has 0 radical (unpaired) electrons. The molecule has 0 spiro atoms. The summed E-state index contributed by atoms with van der Waals surface area (Å²) >= 11 is 0. The van der Waals surface area contributed by atoms with Crippen LogP contribution in [0, 0.1) is 0 Å². The molecule has 1 heterocycles. The van der Waals surface area contributed by atoms with Crippen molar-refractivity contribution in [2.75, 3.05) is 6.54 Å². The number of rotatable bonds is 3. The van der Waals surface area contributed by atoms with E-state index in [-0.39, 0.29) is 30.7 Å². The second-order valence-electron chi connectivity index (χ2n) is 4.96. The second kappa shape index (κ2) is 5.29. The monoisotopic (exact) mass is 265 g/mol. The van der Waals surface area contributed by atoms with Gasteiger partial charge in [-0.25, -0.2) is 0 Å². The van der Waals surface area contributed by atoms with Crippen molar-refractivity contribution in [2.45, 2.75) is 12.5 Å². The number of carbonyl (C=O) groups excluding carboxylic acids is 2. The van der Waals surface area contributed by atoms with Gasteiger partial charge in [0.05, 0.1) is 19.0 Å². The van der Waals surface area contributed by atoms with Crippen LogP contribution in [0.2, 0.25) is 0 Å². The van der Waals surface area contributed by atoms with Gasteiger partial charge in [0.15, 0.2) is 5.78 Å². The van der Waals surface area contributed by atoms with Crippen LogP contribution < -0.4 is 0 Å². The minimum Gasteiger partial charge on any atom is -0.324 e. The number of benzene rings is 2. The minimum absolute atomic E-state index is 0.00753. The average molecular weight is 265 g/mol. The highest BCUT2D eigenvalue weighted by Gasteiger charge is 2.34. The number of amides is 1. The Labute approximate surface area is 117 Å². The Morgan fingerprint density at radius 1 is 0.800 bits per heavy atom. The van der Waals surface area contributed by atoms with Crippen LogP contribution in [0.15, 0.2) is 60.7 Å². The van der Waals surface area contributed by atoms with Crippen LogP contribution in [-0.4, -0.2) is 23.1 Å². The molecular formula is C17H15NO2. The predicted molar refractivity (Wildman–Crippen MR) is 76.1 cm³/mol. The Kier molecular flexibility index (Phi) is 3.33. The Bertz CT molecular complexity index is 582. The molecule has 0 bridgehead atoms. The highest BCUT2D eigenvalue weighted by Crippen LogP contribution is 2.31. The van der Waals surface area contributed by atoms with Crippen molar-refractivity contribution in [1.29, 1.82) is 0 Å². The molecule has 2 aromatic carbocycles. The van der Waals surface area contributed by atoms with Crippen LogP contribution in [0.5, 0.6) is 0 Å². The fourth-order valence-electron chi connectivity index (χ4n) is 2.66. The van der Waals surface area contributed by atoms with E-state index >= 15 is 0 Å². The van der Waals surface area contributed by atoms with E-state index in [1.54, 1.807) is 4.90 Å². The van der Waals surface area contributed by atoms with E-state index in [2.05, 4.69) is 0 Å². The number of carbonyl (C=O) groups is 2. The molecule has 2 aromatic rings. The van der Waals surface area contributed by atoms with E-state index in [0.29, 0.717) is 0 Å². The quantitative estimate of drug-likeness (QED) is 0.800. The summed E-state index contributed by atoms with van der Waals surface area (Å²) in [5.74, 6) is -0.0976. The summed E-state index contributed by atoms with van der Waals surface area (Å²) in [6.07, 6.45) is 0.0240. The van der Waals surface area contributed by atoms with Gasteiger partial charge in [-0.15, -0.1) is 0 Å². The molecule has 0 saturated carbocycles. The first-order valence-electron chi connectivity index (χ1n) is 6.67. The first-order valence-corrected chi connectivity index (χ1v) is 6.67. The number of nitrogens with zero attached hydrogens (tertiary/aromatic N) is 1. The Balaban J connectivity index is 2.05. The highest BCUT2D eigenvalue weighted by atomic mass is 16.2. The molecular weight excluding hydrogens is 250 g/mol. The van der Waals surface area contributed by atoms with Gasteiger partial charge in [-0.3, -0.25) is 9.59 Å². The molecule has 1 saturated heterocycles. The normalized spacial score (nSPS) is 15.2. The van der Waals surface area contributed by atoms with Gasteiger partial charge in [0.1, 0.15) is 0 Å². The average Bonchev–Trinajstić information content (AvgIpc) is 2.80. The van der Waals surface area contributed by atoms with Crippen molar-refractivity contribution in [3.63, 3.8) is 0 Å². The maximum absolute atomic E-state index is 12.1. The second-order valence-corrected chi connectivity index (χ2v) is 4.96. The van der Waals surface area contributed by atoms with Gasteiger partial charge in [0, 0.05) is 0 Å². The Morgan fingerprint density at radius 3 is 1.70 bits per heavy atom. The third kappa shape index (κ3) is 2.35. The topological polar surface area (TPSA) is 37.4 Å². The molecule has 0 aromatic heterocycles. The minimum atomic E-state index is -0.184. The van der Waals surface area contributed by atoms with Gasteiger partial charge in [-0.1, -0.05) is 60.7 Å². The third-order valence-electron chi connectivity index (χ3n) is 3.56. The number of Topliss-reactive ketones (excluding diaryl/α,β-unsaturated/α-hetero) is 1. The van der Waals surface area contributed by atoms with Crippen molar-refractivity contribution < 1.29 is 9.59 Å². The van der Waals surface area contributed by atoms with Gasteiger partial charge in [-0.2, -0.15) is 0 Å². The lowest BCUT2D eigenvalue weighted by molar-refractivity contribution is -0.129. The van der Waals surface area contributed by atoms with Crippen LogP contribution in [0.1, 0.15) is 23.6 Å². The third-order valence-corrected chi connectivity index (χ3v) is 3.56. The molecule has 1 aliphatic rings. The summed E-state index contributed by atoms with van der Waals surface area (Å²) in [5.41, 5.74) is 2.06. The number of likely N-dealkylation sites (tertiary alicyclic amines) is 1. The van der Waals surface area contributed by atoms with Crippen molar-refractivity contribution in [2.24, 2.45) is 0 Å². The van der Waals surface area contributed by atoms with Crippen molar-refractivity contribution in [3.05, 3.63) is 71.8 Å². The van der Waals surface area contributed by atoms with Crippen LogP contribution in [0.25, 0.3) is 0 Å². The molecule has 1 amide bonds. The van der Waals surface area contributed by atoms with E-state index in [1.807, 2.05) is 60.7 Å². The molecule has 3 heteroatoms. The number of hydrogen-bond acceptors (Lipinski definition) is 2. The van der Waals surface area contributed by atoms with E-state index in [4.69, 9.17) is 0 Å². The zero-order chi connectivity index (χ0) is 13.9. The number of hydrogen-bond donors (Lipinski definition) is 0. The lowest BCUT2D eigenvalue weighted by Crippen LogP contribution is -2.31. The maximum Gasteiger partial charge on any atom is 0.231 e. The van der Waals surface area contributed by atoms with E-state index in [1.165, 1.54) is 0 Å². The Hall–Kier alpha value is -2.42. The zero-order valence-electron chi connectivity index (χ0n) is 11.0. The molecule has 1 aliphatic heterocycles. The van der Waals surface area contributed by atoms with Gasteiger partial charge < -0.3 is 4.90 Å². The smallest absolute Gasteiger partial charge is 0.231 e. The summed E-state index contributed by atoms with van der Waals surface area (Å²) in [5, 5.41) is 0.